The number of benzene rings is 2. The number of oxazole rings is 1. The lowest BCUT2D eigenvalue weighted by Crippen LogP contribution is -2.37. The third kappa shape index (κ3) is 4.67. The number of hydrogen-bond donors (Lipinski definition) is 0. The van der Waals surface area contributed by atoms with Crippen LogP contribution in [0.2, 0.25) is 0 Å². The maximum absolute atomic E-state index is 5.95. The van der Waals surface area contributed by atoms with Gasteiger partial charge in [-0.15, -0.1) is 10.2 Å². The molecule has 3 heterocycles. The lowest BCUT2D eigenvalue weighted by molar-refractivity contribution is 0.122. The molecule has 5 rings (SSSR count). The molecule has 0 saturated carbocycles. The Bertz CT molecular complexity index is 1210. The van der Waals surface area contributed by atoms with Crippen LogP contribution in [0.25, 0.3) is 17.1 Å². The number of thioether (sulfide) groups is 1. The smallest absolute Gasteiger partial charge is 0.232 e. The Kier molecular flexibility index (Phi) is 6.46. The highest BCUT2D eigenvalue weighted by Gasteiger charge is 2.23. The molecule has 0 unspecified atom stereocenters. The summed E-state index contributed by atoms with van der Waals surface area (Å²) in [6, 6.07) is 18.6. The van der Waals surface area contributed by atoms with Crippen LogP contribution in [0.5, 0.6) is 0 Å². The predicted octanol–water partition coefficient (Wildman–Crippen LogP) is 4.92. The van der Waals surface area contributed by atoms with E-state index >= 15 is 0 Å². The van der Waals surface area contributed by atoms with Gasteiger partial charge >= 0.3 is 0 Å². The van der Waals surface area contributed by atoms with Crippen molar-refractivity contribution in [2.45, 2.75) is 31.2 Å². The summed E-state index contributed by atoms with van der Waals surface area (Å²) in [4.78, 5) is 6.99. The number of hydrogen-bond acceptors (Lipinski definition) is 7. The summed E-state index contributed by atoms with van der Waals surface area (Å²) in [6.07, 6.45) is 0.978. The molecule has 1 aliphatic heterocycles. The fourth-order valence-electron chi connectivity index (χ4n) is 3.86. The summed E-state index contributed by atoms with van der Waals surface area (Å²) in [5.41, 5.74) is 4.25. The van der Waals surface area contributed by atoms with Crippen molar-refractivity contribution < 1.29 is 9.15 Å². The van der Waals surface area contributed by atoms with Gasteiger partial charge in [0.05, 0.1) is 24.6 Å². The average Bonchev–Trinajstić information content (AvgIpc) is 3.47. The largest absolute Gasteiger partial charge is 0.441 e. The molecule has 4 aromatic rings. The summed E-state index contributed by atoms with van der Waals surface area (Å²) in [6.45, 7) is 7.14. The molecular formula is C25H27N5O2S. The van der Waals surface area contributed by atoms with E-state index < -0.39 is 0 Å². The lowest BCUT2D eigenvalue weighted by Gasteiger charge is -2.28. The first-order chi connectivity index (χ1) is 16.2. The molecule has 8 heteroatoms. The van der Waals surface area contributed by atoms with Gasteiger partial charge in [0, 0.05) is 24.4 Å². The Labute approximate surface area is 197 Å². The van der Waals surface area contributed by atoms with Gasteiger partial charge in [-0.3, -0.25) is 4.57 Å². The second-order valence-electron chi connectivity index (χ2n) is 7.92. The van der Waals surface area contributed by atoms with Crippen LogP contribution in [0.4, 0.5) is 5.95 Å². The Hall–Kier alpha value is -3.10. The van der Waals surface area contributed by atoms with E-state index in [4.69, 9.17) is 14.1 Å². The zero-order valence-electron chi connectivity index (χ0n) is 18.9. The number of ether oxygens (including phenoxy) is 1. The first-order valence-electron chi connectivity index (χ1n) is 11.2. The Morgan fingerprint density at radius 3 is 2.61 bits per heavy atom. The molecular weight excluding hydrogens is 434 g/mol. The van der Waals surface area contributed by atoms with E-state index in [0.29, 0.717) is 24.9 Å². The summed E-state index contributed by atoms with van der Waals surface area (Å²) in [7, 11) is 0. The minimum absolute atomic E-state index is 0.648. The number of aromatic nitrogens is 4. The van der Waals surface area contributed by atoms with Crippen molar-refractivity contribution >= 4 is 17.7 Å². The van der Waals surface area contributed by atoms with Gasteiger partial charge < -0.3 is 14.1 Å². The van der Waals surface area contributed by atoms with Crippen LogP contribution in [0.3, 0.4) is 0 Å². The van der Waals surface area contributed by atoms with E-state index in [1.54, 1.807) is 11.8 Å². The van der Waals surface area contributed by atoms with Crippen LogP contribution >= 0.6 is 11.8 Å². The van der Waals surface area contributed by atoms with Crippen molar-refractivity contribution in [2.75, 3.05) is 31.2 Å². The third-order valence-corrected chi connectivity index (χ3v) is 6.68. The molecule has 1 fully saturated rings. The van der Waals surface area contributed by atoms with E-state index in [-0.39, 0.29) is 0 Å². The van der Waals surface area contributed by atoms with Crippen LogP contribution in [0.1, 0.15) is 23.9 Å². The number of morpholine rings is 1. The average molecular weight is 462 g/mol. The molecule has 2 aromatic carbocycles. The van der Waals surface area contributed by atoms with E-state index in [1.807, 2.05) is 37.3 Å². The zero-order valence-corrected chi connectivity index (χ0v) is 19.7. The Balaban J connectivity index is 1.45. The number of anilines is 1. The van der Waals surface area contributed by atoms with Gasteiger partial charge in [-0.2, -0.15) is 0 Å². The molecule has 33 heavy (non-hydrogen) atoms. The fourth-order valence-corrected chi connectivity index (χ4v) is 4.81. The molecule has 0 spiro atoms. The van der Waals surface area contributed by atoms with Crippen molar-refractivity contribution in [3.8, 4) is 17.1 Å². The highest BCUT2D eigenvalue weighted by Crippen LogP contribution is 2.31. The van der Waals surface area contributed by atoms with E-state index in [1.165, 1.54) is 5.56 Å². The minimum atomic E-state index is 0.648. The van der Waals surface area contributed by atoms with E-state index in [2.05, 4.69) is 50.9 Å². The molecule has 1 saturated heterocycles. The van der Waals surface area contributed by atoms with Gasteiger partial charge in [0.25, 0.3) is 0 Å². The van der Waals surface area contributed by atoms with Gasteiger partial charge in [0.15, 0.2) is 5.16 Å². The number of rotatable bonds is 7. The summed E-state index contributed by atoms with van der Waals surface area (Å²) in [5, 5.41) is 9.99. The lowest BCUT2D eigenvalue weighted by atomic mass is 10.1. The second kappa shape index (κ2) is 9.80. The van der Waals surface area contributed by atoms with Gasteiger partial charge in [0.2, 0.25) is 11.8 Å². The molecule has 0 radical (unpaired) electrons. The zero-order chi connectivity index (χ0) is 22.6. The van der Waals surface area contributed by atoms with Crippen LogP contribution in [0, 0.1) is 6.92 Å². The van der Waals surface area contributed by atoms with Crippen molar-refractivity contribution in [2.24, 2.45) is 0 Å². The second-order valence-corrected chi connectivity index (χ2v) is 8.86. The Morgan fingerprint density at radius 2 is 1.82 bits per heavy atom. The topological polar surface area (TPSA) is 69.2 Å². The molecule has 2 aromatic heterocycles. The third-order valence-electron chi connectivity index (χ3n) is 5.74. The standard InChI is InChI=1S/C25H27N5O2S/c1-3-19-8-7-11-21(16-19)30-24(29-12-14-31-15-13-29)27-28-25(30)33-17-22-18(2)32-23(26-22)20-9-5-4-6-10-20/h4-11,16H,3,12-15,17H2,1-2H3. The quantitative estimate of drug-likeness (QED) is 0.362. The summed E-state index contributed by atoms with van der Waals surface area (Å²) >= 11 is 1.62. The molecule has 0 atom stereocenters. The van der Waals surface area contributed by atoms with Gasteiger partial charge in [-0.05, 0) is 43.2 Å². The van der Waals surface area contributed by atoms with Crippen molar-refractivity contribution in [1.82, 2.24) is 19.7 Å². The fraction of sp³-hybridized carbons (Fsp3) is 0.320. The van der Waals surface area contributed by atoms with Crippen LogP contribution in [0.15, 0.2) is 64.2 Å². The van der Waals surface area contributed by atoms with Crippen LogP contribution < -0.4 is 4.90 Å². The number of nitrogens with zero attached hydrogens (tertiary/aromatic N) is 5. The van der Waals surface area contributed by atoms with Gasteiger partial charge in [0.1, 0.15) is 5.76 Å². The SMILES string of the molecule is CCc1cccc(-n2c(SCc3nc(-c4ccccc4)oc3C)nnc2N2CCOCC2)c1. The Morgan fingerprint density at radius 1 is 1.00 bits per heavy atom. The molecule has 170 valence electrons. The summed E-state index contributed by atoms with van der Waals surface area (Å²) < 4.78 is 13.6. The highest BCUT2D eigenvalue weighted by atomic mass is 32.2. The molecule has 0 bridgehead atoms. The van der Waals surface area contributed by atoms with Crippen LogP contribution in [-0.4, -0.2) is 46.1 Å². The molecule has 0 aliphatic carbocycles. The number of aryl methyl sites for hydroxylation is 2. The monoisotopic (exact) mass is 461 g/mol. The van der Waals surface area contributed by atoms with Crippen molar-refractivity contribution in [3.05, 3.63) is 71.6 Å². The van der Waals surface area contributed by atoms with Crippen molar-refractivity contribution in [1.29, 1.82) is 0 Å². The maximum Gasteiger partial charge on any atom is 0.232 e. The maximum atomic E-state index is 5.95. The molecule has 7 nitrogen and oxygen atoms in total. The highest BCUT2D eigenvalue weighted by molar-refractivity contribution is 7.98. The van der Waals surface area contributed by atoms with E-state index in [9.17, 15) is 0 Å². The molecule has 0 N–H and O–H groups in total. The predicted molar refractivity (Wildman–Crippen MR) is 130 cm³/mol. The first kappa shape index (κ1) is 21.7. The molecule has 0 amide bonds. The van der Waals surface area contributed by atoms with Gasteiger partial charge in [-0.1, -0.05) is 49.0 Å². The molecule has 1 aliphatic rings. The minimum Gasteiger partial charge on any atom is -0.441 e. The summed E-state index contributed by atoms with van der Waals surface area (Å²) in [5.74, 6) is 2.98. The van der Waals surface area contributed by atoms with Crippen LogP contribution in [-0.2, 0) is 16.9 Å². The first-order valence-corrected chi connectivity index (χ1v) is 12.2. The van der Waals surface area contributed by atoms with Crippen molar-refractivity contribution in [3.63, 3.8) is 0 Å². The van der Waals surface area contributed by atoms with E-state index in [0.717, 1.165) is 53.3 Å². The normalized spacial score (nSPS) is 14.1. The van der Waals surface area contributed by atoms with Gasteiger partial charge in [-0.25, -0.2) is 4.98 Å².